The SMILES string of the molecule is CN(c1ccc2nsc(N)c2c1)S(=O)O. The van der Waals surface area contributed by atoms with Gasteiger partial charge in [-0.25, -0.2) is 4.21 Å². The molecule has 3 N–H and O–H groups in total. The van der Waals surface area contributed by atoms with Gasteiger partial charge in [0.2, 0.25) is 0 Å². The lowest BCUT2D eigenvalue weighted by atomic mass is 10.2. The number of fused-ring (bicyclic) bond motifs is 1. The molecule has 0 saturated carbocycles. The van der Waals surface area contributed by atoms with Crippen LogP contribution < -0.4 is 10.0 Å². The number of nitrogens with zero attached hydrogens (tertiary/aromatic N) is 2. The second kappa shape index (κ2) is 3.76. The predicted octanol–water partition coefficient (Wildman–Crippen LogP) is 1.45. The first-order valence-corrected chi connectivity index (χ1v) is 5.93. The predicted molar refractivity (Wildman–Crippen MR) is 63.2 cm³/mol. The third kappa shape index (κ3) is 1.81. The number of hydrogen-bond donors (Lipinski definition) is 2. The molecule has 0 radical (unpaired) electrons. The number of aromatic nitrogens is 1. The minimum Gasteiger partial charge on any atom is -0.389 e. The fraction of sp³-hybridized carbons (Fsp3) is 0.125. The summed E-state index contributed by atoms with van der Waals surface area (Å²) < 4.78 is 25.1. The van der Waals surface area contributed by atoms with E-state index in [1.807, 2.05) is 0 Å². The van der Waals surface area contributed by atoms with Gasteiger partial charge in [-0.3, -0.25) is 8.86 Å². The Bertz CT molecular complexity index is 526. The van der Waals surface area contributed by atoms with Crippen LogP contribution in [0.3, 0.4) is 0 Å². The van der Waals surface area contributed by atoms with Gasteiger partial charge in [-0.2, -0.15) is 4.37 Å². The Morgan fingerprint density at radius 3 is 3.00 bits per heavy atom. The van der Waals surface area contributed by atoms with Crippen LogP contribution >= 0.6 is 11.5 Å². The quantitative estimate of drug-likeness (QED) is 0.782. The molecule has 2 rings (SSSR count). The molecule has 0 bridgehead atoms. The van der Waals surface area contributed by atoms with Crippen LogP contribution in [-0.4, -0.2) is 20.2 Å². The highest BCUT2D eigenvalue weighted by atomic mass is 32.2. The zero-order valence-electron chi connectivity index (χ0n) is 7.88. The van der Waals surface area contributed by atoms with E-state index in [1.165, 1.54) is 22.9 Å². The lowest BCUT2D eigenvalue weighted by Gasteiger charge is -2.13. The molecular weight excluding hydrogens is 234 g/mol. The molecule has 0 aliphatic heterocycles. The van der Waals surface area contributed by atoms with Crippen molar-refractivity contribution in [3.8, 4) is 0 Å². The highest BCUT2D eigenvalue weighted by Crippen LogP contribution is 2.28. The molecule has 0 aliphatic rings. The summed E-state index contributed by atoms with van der Waals surface area (Å²) in [5.41, 5.74) is 7.16. The molecule has 2 aromatic rings. The zero-order valence-corrected chi connectivity index (χ0v) is 9.51. The summed E-state index contributed by atoms with van der Waals surface area (Å²) in [4.78, 5) is 0. The van der Waals surface area contributed by atoms with Gasteiger partial charge in [-0.1, -0.05) is 0 Å². The van der Waals surface area contributed by atoms with Crippen LogP contribution in [0.1, 0.15) is 0 Å². The fourth-order valence-electron chi connectivity index (χ4n) is 1.23. The zero-order chi connectivity index (χ0) is 11.0. The number of rotatable bonds is 2. The van der Waals surface area contributed by atoms with Crippen LogP contribution in [0.15, 0.2) is 18.2 Å². The van der Waals surface area contributed by atoms with Crippen molar-refractivity contribution in [1.82, 2.24) is 4.37 Å². The Labute approximate surface area is 93.1 Å². The van der Waals surface area contributed by atoms with Gasteiger partial charge >= 0.3 is 0 Å². The summed E-state index contributed by atoms with van der Waals surface area (Å²) in [6.07, 6.45) is 0. The summed E-state index contributed by atoms with van der Waals surface area (Å²) >= 11 is -0.806. The molecule has 15 heavy (non-hydrogen) atoms. The second-order valence-electron chi connectivity index (χ2n) is 2.98. The van der Waals surface area contributed by atoms with Crippen LogP contribution in [0.5, 0.6) is 0 Å². The Kier molecular flexibility index (Phi) is 2.59. The van der Waals surface area contributed by atoms with Crippen LogP contribution in [0.4, 0.5) is 10.7 Å². The van der Waals surface area contributed by atoms with E-state index in [0.717, 1.165) is 10.9 Å². The Morgan fingerprint density at radius 1 is 1.60 bits per heavy atom. The van der Waals surface area contributed by atoms with E-state index in [-0.39, 0.29) is 0 Å². The van der Waals surface area contributed by atoms with Crippen molar-refractivity contribution in [3.63, 3.8) is 0 Å². The standard InChI is InChI=1S/C8H9N3O2S2/c1-11(15(12)13)5-2-3-7-6(4-5)8(9)14-10-7/h2-4H,9H2,1H3,(H,12,13). The van der Waals surface area contributed by atoms with Crippen molar-refractivity contribution < 1.29 is 8.76 Å². The summed E-state index contributed by atoms with van der Waals surface area (Å²) in [5, 5.41) is 1.43. The molecule has 0 amide bonds. The molecular formula is C8H9N3O2S2. The van der Waals surface area contributed by atoms with E-state index < -0.39 is 11.3 Å². The van der Waals surface area contributed by atoms with E-state index >= 15 is 0 Å². The topological polar surface area (TPSA) is 79.5 Å². The van der Waals surface area contributed by atoms with E-state index in [4.69, 9.17) is 10.3 Å². The van der Waals surface area contributed by atoms with Crippen LogP contribution in [0.2, 0.25) is 0 Å². The van der Waals surface area contributed by atoms with Crippen molar-refractivity contribution >= 4 is 44.4 Å². The minimum absolute atomic E-state index is 0.615. The summed E-state index contributed by atoms with van der Waals surface area (Å²) in [6.45, 7) is 0. The fourth-order valence-corrected chi connectivity index (χ4v) is 2.15. The van der Waals surface area contributed by atoms with E-state index in [0.29, 0.717) is 10.7 Å². The maximum absolute atomic E-state index is 10.9. The van der Waals surface area contributed by atoms with Crippen LogP contribution in [0.25, 0.3) is 10.9 Å². The average Bonchev–Trinajstić information content (AvgIpc) is 2.59. The van der Waals surface area contributed by atoms with E-state index in [1.54, 1.807) is 18.2 Å². The van der Waals surface area contributed by atoms with Crippen molar-refractivity contribution in [2.24, 2.45) is 0 Å². The molecule has 0 spiro atoms. The maximum Gasteiger partial charge on any atom is 0.261 e. The van der Waals surface area contributed by atoms with Gasteiger partial charge in [-0.15, -0.1) is 0 Å². The Balaban J connectivity index is 2.54. The number of benzene rings is 1. The first kappa shape index (κ1) is 10.3. The summed E-state index contributed by atoms with van der Waals surface area (Å²) in [5.74, 6) is 0. The summed E-state index contributed by atoms with van der Waals surface area (Å²) in [6, 6.07) is 5.26. The Morgan fingerprint density at radius 2 is 2.33 bits per heavy atom. The largest absolute Gasteiger partial charge is 0.389 e. The van der Waals surface area contributed by atoms with E-state index in [9.17, 15) is 4.21 Å². The highest BCUT2D eigenvalue weighted by molar-refractivity contribution is 7.80. The highest BCUT2D eigenvalue weighted by Gasteiger charge is 2.09. The molecule has 1 atom stereocenters. The maximum atomic E-state index is 10.9. The van der Waals surface area contributed by atoms with Gasteiger partial charge in [0.25, 0.3) is 11.3 Å². The van der Waals surface area contributed by atoms with Crippen LogP contribution in [0, 0.1) is 0 Å². The lowest BCUT2D eigenvalue weighted by molar-refractivity contribution is 0.562. The molecule has 0 aliphatic carbocycles. The van der Waals surface area contributed by atoms with Crippen molar-refractivity contribution in [3.05, 3.63) is 18.2 Å². The van der Waals surface area contributed by atoms with Gasteiger partial charge in [0.15, 0.2) is 0 Å². The van der Waals surface area contributed by atoms with Gasteiger partial charge in [0, 0.05) is 12.4 Å². The molecule has 1 unspecified atom stereocenters. The molecule has 0 fully saturated rings. The third-order valence-electron chi connectivity index (χ3n) is 2.09. The number of anilines is 2. The normalized spacial score (nSPS) is 12.9. The lowest BCUT2D eigenvalue weighted by Crippen LogP contribution is -2.18. The average molecular weight is 243 g/mol. The van der Waals surface area contributed by atoms with Gasteiger partial charge in [0.1, 0.15) is 5.00 Å². The summed E-state index contributed by atoms with van der Waals surface area (Å²) in [7, 11) is 1.53. The Hall–Kier alpha value is -1.18. The molecule has 80 valence electrons. The molecule has 1 aromatic carbocycles. The van der Waals surface area contributed by atoms with Crippen molar-refractivity contribution in [2.45, 2.75) is 0 Å². The third-order valence-corrected chi connectivity index (χ3v) is 3.47. The number of hydrogen-bond acceptors (Lipinski definition) is 4. The monoisotopic (exact) mass is 243 g/mol. The van der Waals surface area contributed by atoms with Crippen molar-refractivity contribution in [1.29, 1.82) is 0 Å². The van der Waals surface area contributed by atoms with Gasteiger partial charge in [0.05, 0.1) is 11.2 Å². The molecule has 7 heteroatoms. The number of nitrogens with two attached hydrogens (primary N) is 1. The molecule has 0 saturated heterocycles. The first-order chi connectivity index (χ1) is 7.09. The second-order valence-corrected chi connectivity index (χ2v) is 4.79. The smallest absolute Gasteiger partial charge is 0.261 e. The minimum atomic E-state index is -2.02. The van der Waals surface area contributed by atoms with Gasteiger partial charge < -0.3 is 5.73 Å². The molecule has 1 aromatic heterocycles. The molecule has 5 nitrogen and oxygen atoms in total. The van der Waals surface area contributed by atoms with Crippen LogP contribution in [-0.2, 0) is 11.3 Å². The first-order valence-electron chi connectivity index (χ1n) is 4.09. The number of nitrogen functional groups attached to an aromatic ring is 1. The van der Waals surface area contributed by atoms with E-state index in [2.05, 4.69) is 4.37 Å². The van der Waals surface area contributed by atoms with Gasteiger partial charge in [-0.05, 0) is 29.7 Å². The molecule has 1 heterocycles. The van der Waals surface area contributed by atoms with Crippen molar-refractivity contribution in [2.75, 3.05) is 17.1 Å².